The van der Waals surface area contributed by atoms with Crippen molar-refractivity contribution in [3.63, 3.8) is 0 Å². The first-order chi connectivity index (χ1) is 8.41. The van der Waals surface area contributed by atoms with Gasteiger partial charge >= 0.3 is 0 Å². The van der Waals surface area contributed by atoms with E-state index in [0.717, 1.165) is 19.4 Å². The smallest absolute Gasteiger partial charge is 0.0645 e. The van der Waals surface area contributed by atoms with Gasteiger partial charge in [-0.05, 0) is 25.7 Å². The Balaban J connectivity index is 2.94. The van der Waals surface area contributed by atoms with E-state index in [1.54, 1.807) is 0 Å². The molecule has 0 N–H and O–H groups in total. The molecule has 0 unspecified atom stereocenters. The first kappa shape index (κ1) is 16.2. The summed E-state index contributed by atoms with van der Waals surface area (Å²) < 4.78 is 5.31. The lowest BCUT2D eigenvalue weighted by Gasteiger charge is -2.02. The highest BCUT2D eigenvalue weighted by molar-refractivity contribution is 4.79. The second-order valence-corrected chi connectivity index (χ2v) is 4.31. The minimum Gasteiger partial charge on any atom is -0.380 e. The van der Waals surface area contributed by atoms with Gasteiger partial charge in [-0.1, -0.05) is 44.8 Å². The molecule has 0 aromatic heterocycles. The predicted molar refractivity (Wildman–Crippen MR) is 72.8 cm³/mol. The van der Waals surface area contributed by atoms with Crippen LogP contribution in [0.3, 0.4) is 0 Å². The van der Waals surface area contributed by atoms with Crippen LogP contribution in [0, 0.1) is 11.3 Å². The number of nitrogens with zero attached hydrogens (tertiary/aromatic N) is 1. The number of hydrogen-bond donors (Lipinski definition) is 0. The maximum atomic E-state index is 8.31. The van der Waals surface area contributed by atoms with Crippen molar-refractivity contribution in [1.29, 1.82) is 5.26 Å². The summed E-state index contributed by atoms with van der Waals surface area (Å²) in [6.45, 7) is 3.59. The number of rotatable bonds is 12. The first-order valence-electron chi connectivity index (χ1n) is 7.01. The average molecular weight is 237 g/mol. The Morgan fingerprint density at radius 1 is 0.941 bits per heavy atom. The second-order valence-electron chi connectivity index (χ2n) is 4.31. The molecule has 98 valence electrons. The highest BCUT2D eigenvalue weighted by Crippen LogP contribution is 2.07. The Morgan fingerprint density at radius 2 is 1.65 bits per heavy atom. The van der Waals surface area contributed by atoms with Gasteiger partial charge < -0.3 is 4.74 Å². The van der Waals surface area contributed by atoms with Gasteiger partial charge in [0.15, 0.2) is 0 Å². The lowest BCUT2D eigenvalue weighted by Crippen LogP contribution is -1.95. The Labute approximate surface area is 107 Å². The van der Waals surface area contributed by atoms with Gasteiger partial charge in [0.05, 0.1) is 19.1 Å². The lowest BCUT2D eigenvalue weighted by atomic mass is 10.1. The Kier molecular flexibility index (Phi) is 14.5. The number of unbranched alkanes of at least 4 members (excludes halogenated alkanes) is 6. The van der Waals surface area contributed by atoms with Gasteiger partial charge in [0, 0.05) is 6.61 Å². The number of ether oxygens (including phenoxy) is 1. The lowest BCUT2D eigenvalue weighted by molar-refractivity contribution is 0.135. The summed E-state index contributed by atoms with van der Waals surface area (Å²) in [4.78, 5) is 0. The van der Waals surface area contributed by atoms with E-state index in [4.69, 9.17) is 10.00 Å². The van der Waals surface area contributed by atoms with Crippen LogP contribution in [0.5, 0.6) is 0 Å². The zero-order chi connectivity index (χ0) is 12.6. The van der Waals surface area contributed by atoms with Gasteiger partial charge in [-0.15, -0.1) is 0 Å². The van der Waals surface area contributed by atoms with Gasteiger partial charge in [-0.3, -0.25) is 0 Å². The van der Waals surface area contributed by atoms with Crippen LogP contribution in [0.4, 0.5) is 0 Å². The molecule has 0 radical (unpaired) electrons. The quantitative estimate of drug-likeness (QED) is 0.367. The maximum absolute atomic E-state index is 8.31. The van der Waals surface area contributed by atoms with Crippen LogP contribution in [0.2, 0.25) is 0 Å². The topological polar surface area (TPSA) is 33.0 Å². The molecule has 0 aliphatic rings. The highest BCUT2D eigenvalue weighted by Gasteiger charge is 1.91. The Morgan fingerprint density at radius 3 is 2.35 bits per heavy atom. The van der Waals surface area contributed by atoms with E-state index in [0.29, 0.717) is 13.0 Å². The number of hydrogen-bond acceptors (Lipinski definition) is 2. The van der Waals surface area contributed by atoms with Gasteiger partial charge in [0.25, 0.3) is 0 Å². The molecule has 2 heteroatoms. The van der Waals surface area contributed by atoms with E-state index in [1.165, 1.54) is 38.5 Å². The minimum atomic E-state index is 0.519. The largest absolute Gasteiger partial charge is 0.380 e. The fourth-order valence-corrected chi connectivity index (χ4v) is 1.68. The first-order valence-corrected chi connectivity index (χ1v) is 7.01. The van der Waals surface area contributed by atoms with Crippen LogP contribution in [0.25, 0.3) is 0 Å². The van der Waals surface area contributed by atoms with Crippen molar-refractivity contribution in [2.24, 2.45) is 0 Å². The molecule has 0 saturated heterocycles. The maximum Gasteiger partial charge on any atom is 0.0645 e. The molecule has 0 atom stereocenters. The molecule has 0 heterocycles. The zero-order valence-corrected chi connectivity index (χ0v) is 11.3. The molecular formula is C15H27NO. The molecule has 2 nitrogen and oxygen atoms in total. The van der Waals surface area contributed by atoms with E-state index < -0.39 is 0 Å². The second kappa shape index (κ2) is 15.2. The fraction of sp³-hybridized carbons (Fsp3) is 0.800. The Hall–Kier alpha value is -0.810. The van der Waals surface area contributed by atoms with Crippen LogP contribution in [0.15, 0.2) is 12.2 Å². The van der Waals surface area contributed by atoms with Crippen molar-refractivity contribution < 1.29 is 4.74 Å². The summed E-state index contributed by atoms with van der Waals surface area (Å²) in [5.74, 6) is 0. The normalized spacial score (nSPS) is 10.8. The standard InChI is InChI=1S/C15H27NO/c1-2-3-4-5-6-7-8-9-10-11-14-17-15-12-13-16/h3-4H,2,5-12,14-15H2,1H3/b4-3+. The summed E-state index contributed by atoms with van der Waals surface area (Å²) >= 11 is 0. The molecule has 0 aliphatic heterocycles. The van der Waals surface area contributed by atoms with E-state index in [9.17, 15) is 0 Å². The summed E-state index contributed by atoms with van der Waals surface area (Å²) in [5, 5.41) is 8.31. The molecule has 0 fully saturated rings. The highest BCUT2D eigenvalue weighted by atomic mass is 16.5. The Bertz CT molecular complexity index is 205. The number of allylic oxidation sites excluding steroid dienone is 2. The fourth-order valence-electron chi connectivity index (χ4n) is 1.68. The minimum absolute atomic E-state index is 0.519. The van der Waals surface area contributed by atoms with Crippen molar-refractivity contribution in [3.05, 3.63) is 12.2 Å². The van der Waals surface area contributed by atoms with Gasteiger partial charge in [-0.2, -0.15) is 5.26 Å². The van der Waals surface area contributed by atoms with Crippen LogP contribution in [-0.4, -0.2) is 13.2 Å². The molecule has 17 heavy (non-hydrogen) atoms. The van der Waals surface area contributed by atoms with Crippen molar-refractivity contribution in [2.45, 2.75) is 64.7 Å². The molecule has 0 aliphatic carbocycles. The van der Waals surface area contributed by atoms with Crippen LogP contribution in [0.1, 0.15) is 64.7 Å². The monoisotopic (exact) mass is 237 g/mol. The molecule has 0 spiro atoms. The zero-order valence-electron chi connectivity index (χ0n) is 11.3. The van der Waals surface area contributed by atoms with Crippen molar-refractivity contribution in [3.8, 4) is 6.07 Å². The predicted octanol–water partition coefficient (Wildman–Crippen LogP) is 4.61. The van der Waals surface area contributed by atoms with E-state index in [2.05, 4.69) is 25.1 Å². The van der Waals surface area contributed by atoms with Crippen molar-refractivity contribution in [1.82, 2.24) is 0 Å². The van der Waals surface area contributed by atoms with Crippen molar-refractivity contribution >= 4 is 0 Å². The molecule has 0 rings (SSSR count). The summed E-state index contributed by atoms with van der Waals surface area (Å²) in [6, 6.07) is 2.08. The summed E-state index contributed by atoms with van der Waals surface area (Å²) in [7, 11) is 0. The SMILES string of the molecule is CC/C=C/CCCCCCCCOCCC#N. The van der Waals surface area contributed by atoms with E-state index >= 15 is 0 Å². The van der Waals surface area contributed by atoms with E-state index in [-0.39, 0.29) is 0 Å². The third-order valence-corrected chi connectivity index (χ3v) is 2.67. The third-order valence-electron chi connectivity index (χ3n) is 2.67. The molecule has 0 aromatic rings. The summed E-state index contributed by atoms with van der Waals surface area (Å²) in [5.41, 5.74) is 0. The molecule has 0 aromatic carbocycles. The van der Waals surface area contributed by atoms with E-state index in [1.807, 2.05) is 0 Å². The third kappa shape index (κ3) is 15.2. The van der Waals surface area contributed by atoms with Gasteiger partial charge in [0.1, 0.15) is 0 Å². The molecular weight excluding hydrogens is 210 g/mol. The van der Waals surface area contributed by atoms with Crippen LogP contribution in [-0.2, 0) is 4.74 Å². The van der Waals surface area contributed by atoms with Crippen molar-refractivity contribution in [2.75, 3.05) is 13.2 Å². The molecule has 0 saturated carbocycles. The van der Waals surface area contributed by atoms with Gasteiger partial charge in [-0.25, -0.2) is 0 Å². The van der Waals surface area contributed by atoms with Crippen LogP contribution >= 0.6 is 0 Å². The molecule has 0 bridgehead atoms. The van der Waals surface area contributed by atoms with Gasteiger partial charge in [0.2, 0.25) is 0 Å². The average Bonchev–Trinajstić information content (AvgIpc) is 2.35. The van der Waals surface area contributed by atoms with Crippen LogP contribution < -0.4 is 0 Å². The number of nitriles is 1. The molecule has 0 amide bonds. The summed E-state index contributed by atoms with van der Waals surface area (Å²) in [6.07, 6.45) is 15.2.